The summed E-state index contributed by atoms with van der Waals surface area (Å²) in [5.41, 5.74) is 0. The van der Waals surface area contributed by atoms with E-state index in [1.54, 1.807) is 0 Å². The van der Waals surface area contributed by atoms with E-state index in [1.165, 1.54) is 0 Å². The molecule has 0 fully saturated rings. The van der Waals surface area contributed by atoms with Crippen molar-refractivity contribution in [3.8, 4) is 11.8 Å². The molecule has 86 valence electrons. The number of hydrogen-bond acceptors (Lipinski definition) is 1. The Bertz CT molecular complexity index is 218. The highest BCUT2D eigenvalue weighted by atomic mass is 16.2. The monoisotopic (exact) mass is 210 g/mol. The van der Waals surface area contributed by atoms with Gasteiger partial charge in [0.25, 0.3) is 0 Å². The molecule has 0 amide bonds. The van der Waals surface area contributed by atoms with Crippen LogP contribution in [0.15, 0.2) is 12.7 Å². The Morgan fingerprint density at radius 3 is 2.20 bits per heavy atom. The highest BCUT2D eigenvalue weighted by Crippen LogP contribution is 2.09. The van der Waals surface area contributed by atoms with Gasteiger partial charge in [-0.25, -0.2) is 0 Å². The molecule has 0 aromatic heterocycles. The summed E-state index contributed by atoms with van der Waals surface area (Å²) in [5, 5.41) is 8.65. The van der Waals surface area contributed by atoms with Crippen molar-refractivity contribution in [2.24, 2.45) is 0 Å². The van der Waals surface area contributed by atoms with Gasteiger partial charge in [-0.15, -0.1) is 0 Å². The first-order valence-corrected chi connectivity index (χ1v) is 5.77. The predicted octanol–water partition coefficient (Wildman–Crippen LogP) is 1.80. The third kappa shape index (κ3) is 5.61. The molecule has 15 heavy (non-hydrogen) atoms. The van der Waals surface area contributed by atoms with E-state index in [4.69, 9.17) is 5.11 Å². The first-order chi connectivity index (χ1) is 7.24. The Morgan fingerprint density at radius 2 is 1.80 bits per heavy atom. The van der Waals surface area contributed by atoms with Gasteiger partial charge in [-0.3, -0.25) is 0 Å². The molecule has 2 nitrogen and oxygen atoms in total. The van der Waals surface area contributed by atoms with Crippen LogP contribution >= 0.6 is 0 Å². The first kappa shape index (κ1) is 14.2. The van der Waals surface area contributed by atoms with E-state index in [0.29, 0.717) is 0 Å². The zero-order chi connectivity index (χ0) is 11.6. The summed E-state index contributed by atoms with van der Waals surface area (Å²) < 4.78 is 0.990. The van der Waals surface area contributed by atoms with Crippen molar-refractivity contribution in [2.75, 3.05) is 32.8 Å². The molecular weight excluding hydrogens is 186 g/mol. The van der Waals surface area contributed by atoms with Crippen molar-refractivity contribution in [2.45, 2.75) is 26.7 Å². The van der Waals surface area contributed by atoms with Crippen LogP contribution in [0.5, 0.6) is 0 Å². The lowest BCUT2D eigenvalue weighted by molar-refractivity contribution is -0.916. The number of quaternary nitrogens is 1. The van der Waals surface area contributed by atoms with Gasteiger partial charge in [-0.2, -0.15) is 0 Å². The van der Waals surface area contributed by atoms with E-state index in [1.807, 2.05) is 6.08 Å². The van der Waals surface area contributed by atoms with Gasteiger partial charge in [0.05, 0.1) is 19.6 Å². The number of nitrogens with zero attached hydrogens (tertiary/aromatic N) is 1. The van der Waals surface area contributed by atoms with Gasteiger partial charge in [0.1, 0.15) is 13.2 Å². The molecule has 0 saturated heterocycles. The van der Waals surface area contributed by atoms with Gasteiger partial charge in [0, 0.05) is 0 Å². The summed E-state index contributed by atoms with van der Waals surface area (Å²) >= 11 is 0. The van der Waals surface area contributed by atoms with Crippen LogP contribution in [0.3, 0.4) is 0 Å². The average Bonchev–Trinajstić information content (AvgIpc) is 2.19. The second kappa shape index (κ2) is 8.52. The van der Waals surface area contributed by atoms with Crippen LogP contribution in [0.1, 0.15) is 26.7 Å². The van der Waals surface area contributed by atoms with Crippen molar-refractivity contribution in [3.05, 3.63) is 12.7 Å². The Morgan fingerprint density at radius 1 is 1.20 bits per heavy atom. The fraction of sp³-hybridized carbons (Fsp3) is 0.692. The van der Waals surface area contributed by atoms with Crippen molar-refractivity contribution >= 4 is 0 Å². The molecule has 0 aliphatic carbocycles. The van der Waals surface area contributed by atoms with E-state index in [9.17, 15) is 0 Å². The Kier molecular flexibility index (Phi) is 8.08. The number of hydrogen-bond donors (Lipinski definition) is 1. The second-order valence-corrected chi connectivity index (χ2v) is 3.93. The average molecular weight is 210 g/mol. The topological polar surface area (TPSA) is 20.2 Å². The standard InChI is InChI=1S/C13H24NO/c1-4-9-14(10-5-2,11-6-3)12-7-8-13-15/h4,15H,1,5-6,9-13H2,2-3H3/q+1. The molecule has 0 atom stereocenters. The molecule has 0 aliphatic heterocycles. The smallest absolute Gasteiger partial charge is 0.141 e. The van der Waals surface area contributed by atoms with Crippen LogP contribution in [-0.4, -0.2) is 42.4 Å². The minimum atomic E-state index is -0.0354. The lowest BCUT2D eigenvalue weighted by Crippen LogP contribution is -2.49. The quantitative estimate of drug-likeness (QED) is 0.386. The molecule has 0 aromatic rings. The maximum atomic E-state index is 8.65. The van der Waals surface area contributed by atoms with Gasteiger partial charge >= 0.3 is 0 Å². The highest BCUT2D eigenvalue weighted by Gasteiger charge is 2.22. The van der Waals surface area contributed by atoms with Crippen LogP contribution in [0.2, 0.25) is 0 Å². The fourth-order valence-corrected chi connectivity index (χ4v) is 2.02. The highest BCUT2D eigenvalue weighted by molar-refractivity contribution is 4.99. The second-order valence-electron chi connectivity index (χ2n) is 3.93. The van der Waals surface area contributed by atoms with E-state index < -0.39 is 0 Å². The van der Waals surface area contributed by atoms with E-state index >= 15 is 0 Å². The minimum absolute atomic E-state index is 0.0354. The molecule has 1 N–H and O–H groups in total. The van der Waals surface area contributed by atoms with Crippen molar-refractivity contribution in [3.63, 3.8) is 0 Å². The van der Waals surface area contributed by atoms with Gasteiger partial charge < -0.3 is 9.59 Å². The zero-order valence-electron chi connectivity index (χ0n) is 10.1. The van der Waals surface area contributed by atoms with Crippen molar-refractivity contribution in [1.29, 1.82) is 0 Å². The Balaban J connectivity index is 4.51. The normalized spacial score (nSPS) is 10.6. The third-order valence-electron chi connectivity index (χ3n) is 2.53. The van der Waals surface area contributed by atoms with Crippen LogP contribution < -0.4 is 0 Å². The fourth-order valence-electron chi connectivity index (χ4n) is 2.02. The molecule has 2 heteroatoms. The van der Waals surface area contributed by atoms with E-state index in [0.717, 1.165) is 43.5 Å². The summed E-state index contributed by atoms with van der Waals surface area (Å²) in [6, 6.07) is 0. The zero-order valence-corrected chi connectivity index (χ0v) is 10.1. The van der Waals surface area contributed by atoms with Crippen LogP contribution in [-0.2, 0) is 0 Å². The van der Waals surface area contributed by atoms with Crippen LogP contribution in [0.25, 0.3) is 0 Å². The summed E-state index contributed by atoms with van der Waals surface area (Å²) in [4.78, 5) is 0. The summed E-state index contributed by atoms with van der Waals surface area (Å²) in [6.45, 7) is 12.3. The summed E-state index contributed by atoms with van der Waals surface area (Å²) in [7, 11) is 0. The molecule has 0 spiro atoms. The van der Waals surface area contributed by atoms with Gasteiger partial charge in [-0.05, 0) is 24.8 Å². The molecule has 0 bridgehead atoms. The number of rotatable bonds is 7. The first-order valence-electron chi connectivity index (χ1n) is 5.77. The Hall–Kier alpha value is -0.780. The maximum absolute atomic E-state index is 8.65. The van der Waals surface area contributed by atoms with Gasteiger partial charge in [-0.1, -0.05) is 26.3 Å². The molecule has 0 aromatic carbocycles. The van der Waals surface area contributed by atoms with Gasteiger partial charge in [0.2, 0.25) is 0 Å². The molecular formula is C13H24NO+. The third-order valence-corrected chi connectivity index (χ3v) is 2.53. The molecule has 0 aliphatic rings. The largest absolute Gasteiger partial charge is 0.384 e. The lowest BCUT2D eigenvalue weighted by atomic mass is 10.2. The van der Waals surface area contributed by atoms with Crippen LogP contribution in [0.4, 0.5) is 0 Å². The predicted molar refractivity (Wildman–Crippen MR) is 65.4 cm³/mol. The van der Waals surface area contributed by atoms with Gasteiger partial charge in [0.15, 0.2) is 0 Å². The molecule has 0 saturated carbocycles. The lowest BCUT2D eigenvalue weighted by Gasteiger charge is -2.35. The number of aliphatic hydroxyl groups is 1. The van der Waals surface area contributed by atoms with E-state index in [-0.39, 0.29) is 6.61 Å². The van der Waals surface area contributed by atoms with Crippen molar-refractivity contribution < 1.29 is 9.59 Å². The summed E-state index contributed by atoms with van der Waals surface area (Å²) in [5.74, 6) is 5.79. The SMILES string of the molecule is C=CC[N+](CC#CCO)(CCC)CCC. The molecule has 0 rings (SSSR count). The van der Waals surface area contributed by atoms with Crippen molar-refractivity contribution in [1.82, 2.24) is 0 Å². The molecule has 0 unspecified atom stereocenters. The van der Waals surface area contributed by atoms with Crippen LogP contribution in [0, 0.1) is 11.8 Å². The Labute approximate surface area is 94.2 Å². The minimum Gasteiger partial charge on any atom is -0.384 e. The summed E-state index contributed by atoms with van der Waals surface area (Å²) in [6.07, 6.45) is 4.30. The van der Waals surface area contributed by atoms with E-state index in [2.05, 4.69) is 32.3 Å². The maximum Gasteiger partial charge on any atom is 0.141 e. The number of aliphatic hydroxyl groups excluding tert-OH is 1. The molecule has 0 heterocycles. The molecule has 0 radical (unpaired) electrons.